The summed E-state index contributed by atoms with van der Waals surface area (Å²) in [4.78, 5) is 27.7. The molecule has 0 spiro atoms. The Kier molecular flexibility index (Phi) is 5.38. The van der Waals surface area contributed by atoms with Crippen LogP contribution in [0.25, 0.3) is 5.57 Å². The fourth-order valence-corrected chi connectivity index (χ4v) is 3.96. The molecule has 0 atom stereocenters. The lowest BCUT2D eigenvalue weighted by Gasteiger charge is -2.16. The zero-order valence-corrected chi connectivity index (χ0v) is 18.2. The molecule has 4 rings (SSSR count). The van der Waals surface area contributed by atoms with Crippen LogP contribution < -0.4 is 10.2 Å². The van der Waals surface area contributed by atoms with Gasteiger partial charge in [0.2, 0.25) is 0 Å². The highest BCUT2D eigenvalue weighted by Crippen LogP contribution is 2.36. The Bertz CT molecular complexity index is 1310. The molecule has 1 heterocycles. The van der Waals surface area contributed by atoms with Crippen molar-refractivity contribution < 1.29 is 18.4 Å². The summed E-state index contributed by atoms with van der Waals surface area (Å²) < 4.78 is 28.0. The molecule has 0 saturated carbocycles. The molecule has 0 aromatic heterocycles. The number of benzene rings is 3. The van der Waals surface area contributed by atoms with Gasteiger partial charge in [0, 0.05) is 11.8 Å². The Labute approximate surface area is 185 Å². The van der Waals surface area contributed by atoms with E-state index in [9.17, 15) is 18.4 Å². The van der Waals surface area contributed by atoms with E-state index in [1.165, 1.54) is 0 Å². The van der Waals surface area contributed by atoms with Gasteiger partial charge in [-0.3, -0.25) is 9.59 Å². The minimum absolute atomic E-state index is 0.0534. The van der Waals surface area contributed by atoms with Gasteiger partial charge in [-0.2, -0.15) is 0 Å². The lowest BCUT2D eigenvalue weighted by atomic mass is 9.97. The van der Waals surface area contributed by atoms with Crippen LogP contribution in [-0.4, -0.2) is 11.8 Å². The number of aryl methyl sites for hydroxylation is 4. The van der Waals surface area contributed by atoms with Crippen LogP contribution in [0.3, 0.4) is 0 Å². The molecular weight excluding hydrogens is 410 g/mol. The molecule has 32 heavy (non-hydrogen) atoms. The average Bonchev–Trinajstić information content (AvgIpc) is 2.94. The van der Waals surface area contributed by atoms with Gasteiger partial charge in [-0.05, 0) is 62.6 Å². The maximum Gasteiger partial charge on any atom is 0.282 e. The van der Waals surface area contributed by atoms with Crippen LogP contribution in [0.15, 0.2) is 60.3 Å². The summed E-state index contributed by atoms with van der Waals surface area (Å²) in [5, 5.41) is 3.11. The molecule has 0 aliphatic carbocycles. The normalized spacial score (nSPS) is 13.9. The Balaban J connectivity index is 1.89. The second-order valence-corrected chi connectivity index (χ2v) is 8.05. The van der Waals surface area contributed by atoms with E-state index in [1.54, 1.807) is 6.07 Å². The third kappa shape index (κ3) is 3.68. The summed E-state index contributed by atoms with van der Waals surface area (Å²) in [6.45, 7) is 7.64. The second kappa shape index (κ2) is 8.04. The zero-order valence-electron chi connectivity index (χ0n) is 18.2. The highest BCUT2D eigenvalue weighted by Gasteiger charge is 2.42. The van der Waals surface area contributed by atoms with E-state index in [-0.39, 0.29) is 17.0 Å². The first-order valence-electron chi connectivity index (χ1n) is 10.2. The first-order valence-corrected chi connectivity index (χ1v) is 10.2. The van der Waals surface area contributed by atoms with Crippen molar-refractivity contribution >= 4 is 28.8 Å². The Morgan fingerprint density at radius 1 is 0.750 bits per heavy atom. The summed E-state index contributed by atoms with van der Waals surface area (Å²) in [6.07, 6.45) is 0. The molecule has 3 aromatic carbocycles. The summed E-state index contributed by atoms with van der Waals surface area (Å²) in [6, 6.07) is 14.0. The fourth-order valence-electron chi connectivity index (χ4n) is 3.96. The first kappa shape index (κ1) is 21.4. The van der Waals surface area contributed by atoms with Crippen LogP contribution in [0.1, 0.15) is 27.8 Å². The Morgan fingerprint density at radius 2 is 1.41 bits per heavy atom. The van der Waals surface area contributed by atoms with Crippen molar-refractivity contribution in [2.75, 3.05) is 10.2 Å². The molecule has 4 nitrogen and oxygen atoms in total. The largest absolute Gasteiger partial charge is 0.350 e. The zero-order chi connectivity index (χ0) is 23.2. The highest BCUT2D eigenvalue weighted by atomic mass is 19.1. The van der Waals surface area contributed by atoms with Crippen LogP contribution in [0.2, 0.25) is 0 Å². The molecule has 162 valence electrons. The molecule has 1 aliphatic heterocycles. The highest BCUT2D eigenvalue weighted by molar-refractivity contribution is 6.46. The van der Waals surface area contributed by atoms with Gasteiger partial charge < -0.3 is 5.32 Å². The molecule has 1 N–H and O–H groups in total. The molecule has 0 fully saturated rings. The van der Waals surface area contributed by atoms with Crippen LogP contribution in [0.4, 0.5) is 20.2 Å². The van der Waals surface area contributed by atoms with Gasteiger partial charge in [-0.15, -0.1) is 0 Å². The Morgan fingerprint density at radius 3 is 2.03 bits per heavy atom. The number of rotatable bonds is 4. The van der Waals surface area contributed by atoms with Gasteiger partial charge in [0.15, 0.2) is 0 Å². The van der Waals surface area contributed by atoms with Gasteiger partial charge in [-0.25, -0.2) is 13.7 Å². The van der Waals surface area contributed by atoms with E-state index < -0.39 is 23.4 Å². The topological polar surface area (TPSA) is 49.4 Å². The van der Waals surface area contributed by atoms with E-state index in [0.29, 0.717) is 17.3 Å². The summed E-state index contributed by atoms with van der Waals surface area (Å²) in [5.41, 5.74) is 4.91. The quantitative estimate of drug-likeness (QED) is 0.547. The molecular formula is C26H22F2N2O2. The van der Waals surface area contributed by atoms with Gasteiger partial charge in [0.25, 0.3) is 11.8 Å². The first-order chi connectivity index (χ1) is 15.2. The van der Waals surface area contributed by atoms with Crippen molar-refractivity contribution in [2.24, 2.45) is 0 Å². The number of hydrogen-bond acceptors (Lipinski definition) is 3. The lowest BCUT2D eigenvalue weighted by Crippen LogP contribution is -2.33. The minimum atomic E-state index is -0.987. The number of anilines is 2. The van der Waals surface area contributed by atoms with Crippen molar-refractivity contribution in [3.05, 3.63) is 99.7 Å². The maximum atomic E-state index is 14.5. The van der Waals surface area contributed by atoms with E-state index in [1.807, 2.05) is 58.0 Å². The van der Waals surface area contributed by atoms with Crippen molar-refractivity contribution in [1.82, 2.24) is 0 Å². The van der Waals surface area contributed by atoms with Crippen molar-refractivity contribution in [2.45, 2.75) is 27.7 Å². The molecule has 2 amide bonds. The Hall–Kier alpha value is -3.80. The monoisotopic (exact) mass is 432 g/mol. The SMILES string of the molecule is Cc1ccc(NC2=C(c3ccc(C)cc3C)C(=O)N(c3ccc(F)cc3F)C2=O)c(C)c1. The van der Waals surface area contributed by atoms with E-state index in [0.717, 1.165) is 39.3 Å². The predicted octanol–water partition coefficient (Wildman–Crippen LogP) is 5.60. The second-order valence-electron chi connectivity index (χ2n) is 8.05. The van der Waals surface area contributed by atoms with Crippen LogP contribution >= 0.6 is 0 Å². The lowest BCUT2D eigenvalue weighted by molar-refractivity contribution is -0.120. The number of imide groups is 1. The fraction of sp³-hybridized carbons (Fsp3) is 0.154. The van der Waals surface area contributed by atoms with Crippen LogP contribution in [0.5, 0.6) is 0 Å². The van der Waals surface area contributed by atoms with Crippen LogP contribution in [-0.2, 0) is 9.59 Å². The van der Waals surface area contributed by atoms with Crippen molar-refractivity contribution in [3.63, 3.8) is 0 Å². The summed E-state index contributed by atoms with van der Waals surface area (Å²) in [7, 11) is 0. The molecule has 0 saturated heterocycles. The number of nitrogens with zero attached hydrogens (tertiary/aromatic N) is 1. The van der Waals surface area contributed by atoms with Gasteiger partial charge in [-0.1, -0.05) is 41.5 Å². The maximum absolute atomic E-state index is 14.5. The van der Waals surface area contributed by atoms with Crippen LogP contribution in [0, 0.1) is 39.3 Å². The van der Waals surface area contributed by atoms with E-state index in [2.05, 4.69) is 5.32 Å². The summed E-state index contributed by atoms with van der Waals surface area (Å²) in [5.74, 6) is -3.14. The predicted molar refractivity (Wildman–Crippen MR) is 121 cm³/mol. The average molecular weight is 432 g/mol. The third-order valence-electron chi connectivity index (χ3n) is 5.53. The third-order valence-corrected chi connectivity index (χ3v) is 5.53. The number of carbonyl (C=O) groups excluding carboxylic acids is 2. The molecule has 0 unspecified atom stereocenters. The number of halogens is 2. The number of amides is 2. The van der Waals surface area contributed by atoms with Crippen molar-refractivity contribution in [3.8, 4) is 0 Å². The van der Waals surface area contributed by atoms with Gasteiger partial charge in [0.1, 0.15) is 17.3 Å². The molecule has 0 radical (unpaired) electrons. The molecule has 0 bridgehead atoms. The summed E-state index contributed by atoms with van der Waals surface area (Å²) >= 11 is 0. The van der Waals surface area contributed by atoms with E-state index >= 15 is 0 Å². The van der Waals surface area contributed by atoms with E-state index in [4.69, 9.17) is 0 Å². The van der Waals surface area contributed by atoms with Gasteiger partial charge >= 0.3 is 0 Å². The standard InChI is InChI=1S/C26H22F2N2O2/c1-14-5-8-19(16(3)11-14)23-24(29-21-9-6-15(2)12-17(21)4)26(32)30(25(23)31)22-10-7-18(27)13-20(22)28/h5-13,29H,1-4H3. The molecule has 3 aromatic rings. The van der Waals surface area contributed by atoms with Gasteiger partial charge in [0.05, 0.1) is 11.3 Å². The molecule has 1 aliphatic rings. The molecule has 6 heteroatoms. The number of nitrogens with one attached hydrogen (secondary N) is 1. The smallest absolute Gasteiger partial charge is 0.282 e. The van der Waals surface area contributed by atoms with Crippen molar-refractivity contribution in [1.29, 1.82) is 0 Å². The number of carbonyl (C=O) groups is 2. The minimum Gasteiger partial charge on any atom is -0.350 e. The number of hydrogen-bond donors (Lipinski definition) is 1.